The third-order valence-electron chi connectivity index (χ3n) is 4.35. The van der Waals surface area contributed by atoms with Crippen molar-refractivity contribution in [1.82, 2.24) is 4.90 Å². The van der Waals surface area contributed by atoms with Crippen molar-refractivity contribution in [3.05, 3.63) is 35.9 Å². The average molecular weight is 216 g/mol. The SMILES string of the molecule is NCC12CC1CCN(Cc1ccccc1)C2. The van der Waals surface area contributed by atoms with Gasteiger partial charge < -0.3 is 5.73 Å². The van der Waals surface area contributed by atoms with Gasteiger partial charge >= 0.3 is 0 Å². The third kappa shape index (κ3) is 1.76. The number of rotatable bonds is 3. The highest BCUT2D eigenvalue weighted by atomic mass is 15.2. The molecule has 2 fully saturated rings. The number of hydrogen-bond acceptors (Lipinski definition) is 2. The van der Waals surface area contributed by atoms with Gasteiger partial charge in [-0.25, -0.2) is 0 Å². The van der Waals surface area contributed by atoms with Crippen LogP contribution in [0.3, 0.4) is 0 Å². The number of likely N-dealkylation sites (tertiary alicyclic amines) is 1. The molecule has 2 atom stereocenters. The highest BCUT2D eigenvalue weighted by molar-refractivity contribution is 5.15. The molecule has 0 radical (unpaired) electrons. The molecule has 1 heterocycles. The number of fused-ring (bicyclic) bond motifs is 1. The molecule has 1 saturated carbocycles. The van der Waals surface area contributed by atoms with Gasteiger partial charge in [-0.1, -0.05) is 30.3 Å². The molecule has 0 amide bonds. The van der Waals surface area contributed by atoms with E-state index < -0.39 is 0 Å². The second-order valence-corrected chi connectivity index (χ2v) is 5.45. The van der Waals surface area contributed by atoms with Crippen LogP contribution in [0.4, 0.5) is 0 Å². The molecule has 1 aliphatic heterocycles. The van der Waals surface area contributed by atoms with Gasteiger partial charge in [-0.15, -0.1) is 0 Å². The summed E-state index contributed by atoms with van der Waals surface area (Å²) < 4.78 is 0. The topological polar surface area (TPSA) is 29.3 Å². The van der Waals surface area contributed by atoms with Crippen molar-refractivity contribution < 1.29 is 0 Å². The van der Waals surface area contributed by atoms with Gasteiger partial charge in [-0.2, -0.15) is 0 Å². The van der Waals surface area contributed by atoms with E-state index in [0.29, 0.717) is 5.41 Å². The molecule has 2 heteroatoms. The van der Waals surface area contributed by atoms with Crippen LogP contribution in [-0.4, -0.2) is 24.5 Å². The Bertz CT molecular complexity index is 362. The zero-order chi connectivity index (χ0) is 11.0. The monoisotopic (exact) mass is 216 g/mol. The molecular formula is C14H20N2. The molecular weight excluding hydrogens is 196 g/mol. The standard InChI is InChI=1S/C14H20N2/c15-10-14-8-13(14)6-7-16(11-14)9-12-4-2-1-3-5-12/h1-5,13H,6-11,15H2. The molecule has 86 valence electrons. The van der Waals surface area contributed by atoms with Crippen LogP contribution in [0.15, 0.2) is 30.3 Å². The van der Waals surface area contributed by atoms with Gasteiger partial charge in [-0.3, -0.25) is 4.90 Å². The molecule has 3 rings (SSSR count). The first-order valence-corrected chi connectivity index (χ1v) is 6.29. The van der Waals surface area contributed by atoms with Crippen LogP contribution < -0.4 is 5.73 Å². The predicted octanol–water partition coefficient (Wildman–Crippen LogP) is 1.86. The van der Waals surface area contributed by atoms with E-state index in [2.05, 4.69) is 35.2 Å². The van der Waals surface area contributed by atoms with Gasteiger partial charge in [0.2, 0.25) is 0 Å². The summed E-state index contributed by atoms with van der Waals surface area (Å²) in [5.41, 5.74) is 7.83. The smallest absolute Gasteiger partial charge is 0.0233 e. The summed E-state index contributed by atoms with van der Waals surface area (Å²) in [4.78, 5) is 2.58. The summed E-state index contributed by atoms with van der Waals surface area (Å²) in [7, 11) is 0. The third-order valence-corrected chi connectivity index (χ3v) is 4.35. The van der Waals surface area contributed by atoms with E-state index in [1.807, 2.05) is 0 Å². The number of nitrogens with zero attached hydrogens (tertiary/aromatic N) is 1. The van der Waals surface area contributed by atoms with E-state index in [1.165, 1.54) is 31.5 Å². The van der Waals surface area contributed by atoms with Crippen LogP contribution >= 0.6 is 0 Å². The van der Waals surface area contributed by atoms with Crippen LogP contribution in [0.1, 0.15) is 18.4 Å². The number of benzene rings is 1. The van der Waals surface area contributed by atoms with Gasteiger partial charge in [0.05, 0.1) is 0 Å². The van der Waals surface area contributed by atoms with Gasteiger partial charge in [0.15, 0.2) is 0 Å². The van der Waals surface area contributed by atoms with Crippen molar-refractivity contribution in [2.45, 2.75) is 19.4 Å². The van der Waals surface area contributed by atoms with E-state index in [1.54, 1.807) is 0 Å². The van der Waals surface area contributed by atoms with Crippen LogP contribution in [0.5, 0.6) is 0 Å². The van der Waals surface area contributed by atoms with E-state index in [4.69, 9.17) is 5.73 Å². The van der Waals surface area contributed by atoms with E-state index >= 15 is 0 Å². The molecule has 1 aromatic carbocycles. The molecule has 0 spiro atoms. The molecule has 0 bridgehead atoms. The molecule has 1 saturated heterocycles. The predicted molar refractivity (Wildman–Crippen MR) is 65.9 cm³/mol. The number of nitrogens with two attached hydrogens (primary N) is 1. The van der Waals surface area contributed by atoms with Gasteiger partial charge in [-0.05, 0) is 42.8 Å². The van der Waals surface area contributed by atoms with Crippen molar-refractivity contribution in [2.24, 2.45) is 17.1 Å². The Labute approximate surface area is 97.4 Å². The first kappa shape index (κ1) is 10.3. The second kappa shape index (κ2) is 3.86. The fraction of sp³-hybridized carbons (Fsp3) is 0.571. The molecule has 2 unspecified atom stereocenters. The van der Waals surface area contributed by atoms with Crippen molar-refractivity contribution in [2.75, 3.05) is 19.6 Å². The van der Waals surface area contributed by atoms with Gasteiger partial charge in [0.25, 0.3) is 0 Å². The summed E-state index contributed by atoms with van der Waals surface area (Å²) in [6, 6.07) is 10.8. The number of piperidine rings is 1. The van der Waals surface area contributed by atoms with E-state index in [-0.39, 0.29) is 0 Å². The van der Waals surface area contributed by atoms with Crippen molar-refractivity contribution in [1.29, 1.82) is 0 Å². The van der Waals surface area contributed by atoms with Crippen LogP contribution in [0, 0.1) is 11.3 Å². The Morgan fingerprint density at radius 2 is 2.12 bits per heavy atom. The number of hydrogen-bond donors (Lipinski definition) is 1. The summed E-state index contributed by atoms with van der Waals surface area (Å²) in [6.07, 6.45) is 2.72. The Hall–Kier alpha value is -0.860. The lowest BCUT2D eigenvalue weighted by atomic mass is 9.97. The summed E-state index contributed by atoms with van der Waals surface area (Å²) in [6.45, 7) is 4.43. The highest BCUT2D eigenvalue weighted by Gasteiger charge is 2.55. The van der Waals surface area contributed by atoms with Gasteiger partial charge in [0.1, 0.15) is 0 Å². The average Bonchev–Trinajstić information content (AvgIpc) is 3.05. The van der Waals surface area contributed by atoms with Crippen LogP contribution in [0.2, 0.25) is 0 Å². The first-order chi connectivity index (χ1) is 7.82. The minimum Gasteiger partial charge on any atom is -0.330 e. The Balaban J connectivity index is 1.64. The quantitative estimate of drug-likeness (QED) is 0.835. The lowest BCUT2D eigenvalue weighted by molar-refractivity contribution is 0.161. The van der Waals surface area contributed by atoms with Crippen LogP contribution in [0.25, 0.3) is 0 Å². The summed E-state index contributed by atoms with van der Waals surface area (Å²) in [5.74, 6) is 0.935. The zero-order valence-electron chi connectivity index (χ0n) is 9.73. The zero-order valence-corrected chi connectivity index (χ0v) is 9.73. The maximum absolute atomic E-state index is 5.91. The largest absolute Gasteiger partial charge is 0.330 e. The van der Waals surface area contributed by atoms with E-state index in [9.17, 15) is 0 Å². The summed E-state index contributed by atoms with van der Waals surface area (Å²) >= 11 is 0. The maximum atomic E-state index is 5.91. The minimum absolute atomic E-state index is 0.493. The molecule has 2 N–H and O–H groups in total. The summed E-state index contributed by atoms with van der Waals surface area (Å²) in [5, 5.41) is 0. The lowest BCUT2D eigenvalue weighted by Crippen LogP contribution is -2.39. The molecule has 2 aliphatic rings. The van der Waals surface area contributed by atoms with Crippen molar-refractivity contribution in [3.63, 3.8) is 0 Å². The van der Waals surface area contributed by atoms with Crippen LogP contribution in [-0.2, 0) is 6.54 Å². The lowest BCUT2D eigenvalue weighted by Gasteiger charge is -2.32. The minimum atomic E-state index is 0.493. The maximum Gasteiger partial charge on any atom is 0.0233 e. The molecule has 2 nitrogen and oxygen atoms in total. The highest BCUT2D eigenvalue weighted by Crippen LogP contribution is 2.56. The molecule has 1 aliphatic carbocycles. The molecule has 0 aromatic heterocycles. The second-order valence-electron chi connectivity index (χ2n) is 5.45. The molecule has 1 aromatic rings. The fourth-order valence-corrected chi connectivity index (χ4v) is 3.19. The Morgan fingerprint density at radius 3 is 2.88 bits per heavy atom. The van der Waals surface area contributed by atoms with Gasteiger partial charge in [0, 0.05) is 13.1 Å². The first-order valence-electron chi connectivity index (χ1n) is 6.29. The van der Waals surface area contributed by atoms with Crippen molar-refractivity contribution >= 4 is 0 Å². The van der Waals surface area contributed by atoms with Crippen molar-refractivity contribution in [3.8, 4) is 0 Å². The Kier molecular flexibility index (Phi) is 2.49. The fourth-order valence-electron chi connectivity index (χ4n) is 3.19. The van der Waals surface area contributed by atoms with E-state index in [0.717, 1.165) is 19.0 Å². The molecule has 16 heavy (non-hydrogen) atoms. The Morgan fingerprint density at radius 1 is 1.31 bits per heavy atom. The normalized spacial score (nSPS) is 33.4.